The van der Waals surface area contributed by atoms with Gasteiger partial charge in [0.1, 0.15) is 0 Å². The number of aromatic nitrogens is 1. The molecule has 0 N–H and O–H groups in total. The van der Waals surface area contributed by atoms with E-state index in [4.69, 9.17) is 0 Å². The summed E-state index contributed by atoms with van der Waals surface area (Å²) in [6.45, 7) is 8.79. The van der Waals surface area contributed by atoms with Gasteiger partial charge in [-0.1, -0.05) is 105 Å². The van der Waals surface area contributed by atoms with Crippen molar-refractivity contribution in [3.63, 3.8) is 0 Å². The molecule has 0 atom stereocenters. The SMILES string of the molecule is CCCCCCP(=O)(CCCCCC)Cc1cccc(CP(=O)(CCCCCC)CCCCCC)[n+]1[O-]. The summed E-state index contributed by atoms with van der Waals surface area (Å²) in [5, 5.41) is 13.5. The van der Waals surface area contributed by atoms with Crippen molar-refractivity contribution in [1.29, 1.82) is 0 Å². The standard InChI is InChI=1S/C31H59NO3P2/c1-5-9-13-17-24-36(34,25-18-14-10-6-2)28-30-22-21-23-31(32(30)33)29-37(35,26-19-15-11-7-3)27-20-16-12-8-4/h21-23H,5-20,24-29H2,1-4H3. The van der Waals surface area contributed by atoms with E-state index < -0.39 is 14.3 Å². The quantitative estimate of drug-likeness (QED) is 0.0552. The Morgan fingerprint density at radius 3 is 1.11 bits per heavy atom. The fourth-order valence-electron chi connectivity index (χ4n) is 5.26. The van der Waals surface area contributed by atoms with E-state index in [0.29, 0.717) is 23.7 Å². The van der Waals surface area contributed by atoms with E-state index >= 15 is 0 Å². The van der Waals surface area contributed by atoms with Crippen LogP contribution in [0.25, 0.3) is 0 Å². The average Bonchev–Trinajstić information content (AvgIpc) is 2.88. The van der Waals surface area contributed by atoms with E-state index in [1.165, 1.54) is 51.4 Å². The van der Waals surface area contributed by atoms with Gasteiger partial charge in [0.15, 0.2) is 11.4 Å². The van der Waals surface area contributed by atoms with Crippen LogP contribution in [-0.2, 0) is 21.5 Å². The second-order valence-electron chi connectivity index (χ2n) is 11.4. The Morgan fingerprint density at radius 1 is 0.541 bits per heavy atom. The second-order valence-corrected chi connectivity index (χ2v) is 18.0. The Labute approximate surface area is 230 Å². The van der Waals surface area contributed by atoms with Crippen molar-refractivity contribution in [2.24, 2.45) is 0 Å². The highest BCUT2D eigenvalue weighted by Gasteiger charge is 2.29. The summed E-state index contributed by atoms with van der Waals surface area (Å²) in [5.41, 5.74) is 1.24. The molecule has 216 valence electrons. The molecule has 0 aliphatic heterocycles. The average molecular weight is 556 g/mol. The first kappa shape index (κ1) is 34.4. The maximum atomic E-state index is 14.1. The number of rotatable bonds is 24. The molecule has 1 heterocycles. The lowest BCUT2D eigenvalue weighted by atomic mass is 10.2. The molecule has 37 heavy (non-hydrogen) atoms. The molecular weight excluding hydrogens is 496 g/mol. The molecule has 1 aromatic heterocycles. The van der Waals surface area contributed by atoms with Crippen LogP contribution in [0.5, 0.6) is 0 Å². The molecule has 0 radical (unpaired) electrons. The van der Waals surface area contributed by atoms with Gasteiger partial charge in [0, 0.05) is 36.8 Å². The summed E-state index contributed by atoms with van der Waals surface area (Å²) >= 11 is 0. The van der Waals surface area contributed by atoms with Crippen LogP contribution in [0.2, 0.25) is 0 Å². The topological polar surface area (TPSA) is 61.1 Å². The lowest BCUT2D eigenvalue weighted by molar-refractivity contribution is -0.620. The summed E-state index contributed by atoms with van der Waals surface area (Å²) in [6.07, 6.45) is 21.6. The number of unbranched alkanes of at least 4 members (excludes halogenated alkanes) is 12. The highest BCUT2D eigenvalue weighted by Crippen LogP contribution is 2.52. The van der Waals surface area contributed by atoms with Crippen LogP contribution in [0.3, 0.4) is 0 Å². The minimum Gasteiger partial charge on any atom is -0.618 e. The molecule has 0 spiro atoms. The molecule has 1 rings (SSSR count). The molecule has 1 aromatic rings. The highest BCUT2D eigenvalue weighted by atomic mass is 31.2. The van der Waals surface area contributed by atoms with E-state index in [0.717, 1.165) is 80.7 Å². The van der Waals surface area contributed by atoms with Gasteiger partial charge >= 0.3 is 0 Å². The summed E-state index contributed by atoms with van der Waals surface area (Å²) < 4.78 is 29.1. The highest BCUT2D eigenvalue weighted by molar-refractivity contribution is 7.63. The normalized spacial score (nSPS) is 12.3. The van der Waals surface area contributed by atoms with E-state index in [9.17, 15) is 14.3 Å². The van der Waals surface area contributed by atoms with Crippen LogP contribution in [-0.4, -0.2) is 24.6 Å². The van der Waals surface area contributed by atoms with Gasteiger partial charge in [-0.25, -0.2) is 0 Å². The molecule has 0 bridgehead atoms. The molecule has 0 unspecified atom stereocenters. The lowest BCUT2D eigenvalue weighted by Crippen LogP contribution is -2.37. The zero-order valence-electron chi connectivity index (χ0n) is 24.9. The van der Waals surface area contributed by atoms with Crippen LogP contribution in [0.1, 0.15) is 142 Å². The number of pyridine rings is 1. The summed E-state index contributed by atoms with van der Waals surface area (Å²) in [7, 11) is -4.92. The van der Waals surface area contributed by atoms with Crippen molar-refractivity contribution in [3.8, 4) is 0 Å². The van der Waals surface area contributed by atoms with Gasteiger partial charge in [0.25, 0.3) is 0 Å². The van der Waals surface area contributed by atoms with Crippen molar-refractivity contribution < 1.29 is 13.9 Å². The third-order valence-corrected chi connectivity index (χ3v) is 14.0. The summed E-state index contributed by atoms with van der Waals surface area (Å²) in [6, 6.07) is 5.64. The van der Waals surface area contributed by atoms with Gasteiger partial charge in [-0.15, -0.1) is 0 Å². The molecule has 0 fully saturated rings. The maximum absolute atomic E-state index is 14.1. The zero-order chi connectivity index (χ0) is 27.4. The fourth-order valence-corrected chi connectivity index (χ4v) is 11.2. The third kappa shape index (κ3) is 15.0. The van der Waals surface area contributed by atoms with Gasteiger partial charge in [0.2, 0.25) is 0 Å². The maximum Gasteiger partial charge on any atom is 0.200 e. The summed E-state index contributed by atoms with van der Waals surface area (Å²) in [4.78, 5) is 0. The monoisotopic (exact) mass is 555 g/mol. The van der Waals surface area contributed by atoms with E-state index in [-0.39, 0.29) is 0 Å². The molecular formula is C31H59NO3P2. The minimum absolute atomic E-state index is 0.389. The van der Waals surface area contributed by atoms with Crippen molar-refractivity contribution in [1.82, 2.24) is 0 Å². The van der Waals surface area contributed by atoms with Crippen LogP contribution < -0.4 is 4.73 Å². The molecule has 0 aliphatic rings. The number of nitrogens with zero attached hydrogens (tertiary/aromatic N) is 1. The number of hydrogen-bond donors (Lipinski definition) is 0. The molecule has 0 amide bonds. The van der Waals surface area contributed by atoms with Crippen molar-refractivity contribution in [2.75, 3.05) is 24.6 Å². The second kappa shape index (κ2) is 20.3. The Balaban J connectivity index is 3.02. The van der Waals surface area contributed by atoms with E-state index in [1.54, 1.807) is 0 Å². The third-order valence-electron chi connectivity index (χ3n) is 7.68. The first-order valence-corrected chi connectivity index (χ1v) is 20.2. The van der Waals surface area contributed by atoms with Gasteiger partial charge in [-0.3, -0.25) is 0 Å². The lowest BCUT2D eigenvalue weighted by Gasteiger charge is -2.21. The Morgan fingerprint density at radius 2 is 0.838 bits per heavy atom. The van der Waals surface area contributed by atoms with Gasteiger partial charge in [-0.05, 0) is 31.7 Å². The Hall–Kier alpha value is -0.590. The number of hydrogen-bond acceptors (Lipinski definition) is 3. The van der Waals surface area contributed by atoms with Crippen molar-refractivity contribution in [3.05, 3.63) is 34.8 Å². The molecule has 4 nitrogen and oxygen atoms in total. The first-order valence-electron chi connectivity index (χ1n) is 15.7. The van der Waals surface area contributed by atoms with E-state index in [1.807, 2.05) is 18.2 Å². The predicted molar refractivity (Wildman–Crippen MR) is 164 cm³/mol. The van der Waals surface area contributed by atoms with Gasteiger partial charge < -0.3 is 14.3 Å². The molecule has 0 aromatic carbocycles. The smallest absolute Gasteiger partial charge is 0.200 e. The minimum atomic E-state index is -2.46. The van der Waals surface area contributed by atoms with E-state index in [2.05, 4.69) is 27.7 Å². The van der Waals surface area contributed by atoms with Crippen LogP contribution in [0.15, 0.2) is 18.2 Å². The fraction of sp³-hybridized carbons (Fsp3) is 0.839. The van der Waals surface area contributed by atoms with Crippen LogP contribution >= 0.6 is 14.3 Å². The molecule has 0 aliphatic carbocycles. The van der Waals surface area contributed by atoms with Gasteiger partial charge in [0.05, 0.1) is 26.6 Å². The van der Waals surface area contributed by atoms with Crippen molar-refractivity contribution >= 4 is 14.3 Å². The predicted octanol–water partition coefficient (Wildman–Crippen LogP) is 10.4. The first-order chi connectivity index (χ1) is 17.8. The largest absolute Gasteiger partial charge is 0.618 e. The zero-order valence-corrected chi connectivity index (χ0v) is 26.6. The van der Waals surface area contributed by atoms with Crippen molar-refractivity contribution in [2.45, 2.75) is 143 Å². The van der Waals surface area contributed by atoms with Gasteiger partial charge in [-0.2, -0.15) is 4.73 Å². The Bertz CT molecular complexity index is 717. The molecule has 0 saturated carbocycles. The molecule has 0 saturated heterocycles. The molecule has 6 heteroatoms. The van der Waals surface area contributed by atoms with Crippen LogP contribution in [0, 0.1) is 5.21 Å². The Kier molecular flexibility index (Phi) is 18.9. The summed E-state index contributed by atoms with van der Waals surface area (Å²) in [5.74, 6) is 0. The van der Waals surface area contributed by atoms with Crippen LogP contribution in [0.4, 0.5) is 0 Å².